The maximum absolute atomic E-state index is 11.2. The Bertz CT molecular complexity index is 371. The molecule has 0 fully saturated rings. The number of fused-ring (bicyclic) bond motifs is 1. The lowest BCUT2D eigenvalue weighted by Gasteiger charge is -1.93. The molecule has 0 unspecified atom stereocenters. The van der Waals surface area contributed by atoms with Crippen LogP contribution in [-0.2, 0) is 4.79 Å². The van der Waals surface area contributed by atoms with Crippen LogP contribution in [0.25, 0.3) is 5.57 Å². The van der Waals surface area contributed by atoms with Crippen molar-refractivity contribution in [3.05, 3.63) is 35.4 Å². The van der Waals surface area contributed by atoms with E-state index in [0.717, 1.165) is 11.3 Å². The topological polar surface area (TPSA) is 29.1 Å². The SMILES string of the molecule is O=C1Nc2ccccc2C1=CCl. The fourth-order valence-electron chi connectivity index (χ4n) is 1.25. The highest BCUT2D eigenvalue weighted by atomic mass is 35.5. The lowest BCUT2D eigenvalue weighted by Crippen LogP contribution is -2.02. The highest BCUT2D eigenvalue weighted by molar-refractivity contribution is 6.40. The molecular formula is C9H6ClNO. The standard InChI is InChI=1S/C9H6ClNO/c10-5-7-6-3-1-2-4-8(6)11-9(7)12/h1-5H,(H,11,12). The Morgan fingerprint density at radius 1 is 1.33 bits per heavy atom. The summed E-state index contributed by atoms with van der Waals surface area (Å²) in [7, 11) is 0. The van der Waals surface area contributed by atoms with Gasteiger partial charge in [0.2, 0.25) is 0 Å². The summed E-state index contributed by atoms with van der Waals surface area (Å²) in [5.41, 5.74) is 3.54. The van der Waals surface area contributed by atoms with Crippen molar-refractivity contribution in [2.24, 2.45) is 0 Å². The van der Waals surface area contributed by atoms with Gasteiger partial charge in [-0.3, -0.25) is 4.79 Å². The summed E-state index contributed by atoms with van der Waals surface area (Å²) in [6, 6.07) is 7.46. The third-order valence-corrected chi connectivity index (χ3v) is 2.04. The predicted octanol–water partition coefficient (Wildman–Crippen LogP) is 2.22. The van der Waals surface area contributed by atoms with Crippen molar-refractivity contribution in [3.63, 3.8) is 0 Å². The van der Waals surface area contributed by atoms with Gasteiger partial charge < -0.3 is 5.32 Å². The van der Waals surface area contributed by atoms with Crippen LogP contribution in [-0.4, -0.2) is 5.91 Å². The number of carbonyl (C=O) groups excluding carboxylic acids is 1. The Morgan fingerprint density at radius 2 is 2.08 bits per heavy atom. The van der Waals surface area contributed by atoms with Crippen molar-refractivity contribution in [2.45, 2.75) is 0 Å². The average molecular weight is 180 g/mol. The van der Waals surface area contributed by atoms with Gasteiger partial charge >= 0.3 is 0 Å². The summed E-state index contributed by atoms with van der Waals surface area (Å²) in [6.07, 6.45) is 0. The van der Waals surface area contributed by atoms with Crippen LogP contribution in [0.4, 0.5) is 5.69 Å². The number of hydrogen-bond donors (Lipinski definition) is 1. The number of rotatable bonds is 0. The van der Waals surface area contributed by atoms with Gasteiger partial charge in [0.15, 0.2) is 0 Å². The molecule has 0 spiro atoms. The third-order valence-electron chi connectivity index (χ3n) is 1.82. The second-order valence-corrected chi connectivity index (χ2v) is 2.74. The molecule has 3 heteroatoms. The second-order valence-electron chi connectivity index (χ2n) is 2.52. The van der Waals surface area contributed by atoms with Crippen LogP contribution in [0, 0.1) is 0 Å². The fourth-order valence-corrected chi connectivity index (χ4v) is 1.46. The maximum atomic E-state index is 11.2. The first-order chi connectivity index (χ1) is 5.83. The van der Waals surface area contributed by atoms with E-state index in [-0.39, 0.29) is 5.91 Å². The lowest BCUT2D eigenvalue weighted by atomic mass is 10.1. The molecule has 0 atom stereocenters. The van der Waals surface area contributed by atoms with Gasteiger partial charge in [-0.2, -0.15) is 0 Å². The maximum Gasteiger partial charge on any atom is 0.257 e. The normalized spacial score (nSPS) is 17.8. The number of para-hydroxylation sites is 1. The molecule has 1 N–H and O–H groups in total. The number of nitrogens with one attached hydrogen (secondary N) is 1. The molecular weight excluding hydrogens is 174 g/mol. The van der Waals surface area contributed by atoms with Gasteiger partial charge in [0.1, 0.15) is 0 Å². The highest BCUT2D eigenvalue weighted by Crippen LogP contribution is 2.31. The zero-order chi connectivity index (χ0) is 8.55. The van der Waals surface area contributed by atoms with Gasteiger partial charge in [-0.15, -0.1) is 0 Å². The zero-order valence-electron chi connectivity index (χ0n) is 6.17. The molecule has 12 heavy (non-hydrogen) atoms. The Kier molecular flexibility index (Phi) is 1.62. The van der Waals surface area contributed by atoms with E-state index in [1.165, 1.54) is 5.54 Å². The van der Waals surface area contributed by atoms with Crippen LogP contribution in [0.15, 0.2) is 29.8 Å². The number of amides is 1. The Balaban J connectivity index is 2.62. The quantitative estimate of drug-likeness (QED) is 0.608. The molecule has 0 saturated heterocycles. The van der Waals surface area contributed by atoms with E-state index in [1.54, 1.807) is 0 Å². The molecule has 1 aliphatic heterocycles. The van der Waals surface area contributed by atoms with Crippen LogP contribution >= 0.6 is 11.6 Å². The van der Waals surface area contributed by atoms with E-state index in [2.05, 4.69) is 5.32 Å². The van der Waals surface area contributed by atoms with Gasteiger partial charge in [-0.05, 0) is 6.07 Å². The van der Waals surface area contributed by atoms with Gasteiger partial charge in [0, 0.05) is 16.8 Å². The summed E-state index contributed by atoms with van der Waals surface area (Å²) in [5.74, 6) is -0.133. The van der Waals surface area contributed by atoms with E-state index in [9.17, 15) is 4.79 Å². The molecule has 60 valence electrons. The summed E-state index contributed by atoms with van der Waals surface area (Å²) in [4.78, 5) is 11.2. The summed E-state index contributed by atoms with van der Waals surface area (Å²) >= 11 is 5.51. The van der Waals surface area contributed by atoms with E-state index in [0.29, 0.717) is 5.57 Å². The lowest BCUT2D eigenvalue weighted by molar-refractivity contribution is -0.110. The molecule has 0 saturated carbocycles. The minimum absolute atomic E-state index is 0.133. The summed E-state index contributed by atoms with van der Waals surface area (Å²) in [5, 5.41) is 2.71. The van der Waals surface area contributed by atoms with Crippen LogP contribution in [0.3, 0.4) is 0 Å². The van der Waals surface area contributed by atoms with Crippen LogP contribution < -0.4 is 5.32 Å². The zero-order valence-corrected chi connectivity index (χ0v) is 6.93. The predicted molar refractivity (Wildman–Crippen MR) is 48.9 cm³/mol. The van der Waals surface area contributed by atoms with Gasteiger partial charge in [-0.1, -0.05) is 29.8 Å². The van der Waals surface area contributed by atoms with Crippen molar-refractivity contribution in [3.8, 4) is 0 Å². The van der Waals surface area contributed by atoms with Crippen molar-refractivity contribution in [1.82, 2.24) is 0 Å². The first-order valence-electron chi connectivity index (χ1n) is 3.54. The van der Waals surface area contributed by atoms with E-state index < -0.39 is 0 Å². The van der Waals surface area contributed by atoms with Crippen molar-refractivity contribution >= 4 is 28.8 Å². The first kappa shape index (κ1) is 7.37. The Morgan fingerprint density at radius 3 is 2.83 bits per heavy atom. The van der Waals surface area contributed by atoms with E-state index >= 15 is 0 Å². The largest absolute Gasteiger partial charge is 0.321 e. The minimum Gasteiger partial charge on any atom is -0.321 e. The molecule has 0 aliphatic carbocycles. The molecule has 2 rings (SSSR count). The number of halogens is 1. The van der Waals surface area contributed by atoms with Crippen molar-refractivity contribution in [2.75, 3.05) is 5.32 Å². The number of anilines is 1. The number of hydrogen-bond acceptors (Lipinski definition) is 1. The summed E-state index contributed by atoms with van der Waals surface area (Å²) in [6.45, 7) is 0. The molecule has 1 heterocycles. The molecule has 1 aromatic rings. The highest BCUT2D eigenvalue weighted by Gasteiger charge is 2.22. The molecule has 2 nitrogen and oxygen atoms in total. The number of carbonyl (C=O) groups is 1. The first-order valence-corrected chi connectivity index (χ1v) is 3.97. The fraction of sp³-hybridized carbons (Fsp3) is 0. The minimum atomic E-state index is -0.133. The van der Waals surface area contributed by atoms with Crippen LogP contribution in [0.1, 0.15) is 5.56 Å². The monoisotopic (exact) mass is 179 g/mol. The average Bonchev–Trinajstić information content (AvgIpc) is 2.40. The molecule has 1 amide bonds. The second kappa shape index (κ2) is 2.64. The summed E-state index contributed by atoms with van der Waals surface area (Å²) < 4.78 is 0. The molecule has 0 radical (unpaired) electrons. The van der Waals surface area contributed by atoms with Crippen LogP contribution in [0.5, 0.6) is 0 Å². The van der Waals surface area contributed by atoms with E-state index in [1.807, 2.05) is 24.3 Å². The Hall–Kier alpha value is -1.28. The molecule has 1 aromatic carbocycles. The Labute approximate surface area is 74.8 Å². The van der Waals surface area contributed by atoms with Gasteiger partial charge in [0.05, 0.1) is 5.57 Å². The molecule has 1 aliphatic rings. The van der Waals surface area contributed by atoms with E-state index in [4.69, 9.17) is 11.6 Å². The molecule has 0 aromatic heterocycles. The van der Waals surface area contributed by atoms with Crippen LogP contribution in [0.2, 0.25) is 0 Å². The molecule has 0 bridgehead atoms. The van der Waals surface area contributed by atoms with Gasteiger partial charge in [-0.25, -0.2) is 0 Å². The smallest absolute Gasteiger partial charge is 0.257 e. The van der Waals surface area contributed by atoms with Crippen molar-refractivity contribution in [1.29, 1.82) is 0 Å². The number of benzene rings is 1. The third kappa shape index (κ3) is 0.924. The van der Waals surface area contributed by atoms with Gasteiger partial charge in [0.25, 0.3) is 5.91 Å². The van der Waals surface area contributed by atoms with Crippen molar-refractivity contribution < 1.29 is 4.79 Å².